The van der Waals surface area contributed by atoms with Crippen LogP contribution in [0, 0.1) is 11.3 Å². The second-order valence-corrected chi connectivity index (χ2v) is 11.1. The van der Waals surface area contributed by atoms with Gasteiger partial charge in [-0.25, -0.2) is 0 Å². The molecule has 2 aromatic carbocycles. The molecule has 2 heterocycles. The molecule has 1 aromatic heterocycles. The Labute approximate surface area is 221 Å². The van der Waals surface area contributed by atoms with Crippen molar-refractivity contribution < 1.29 is 14.7 Å². The van der Waals surface area contributed by atoms with Gasteiger partial charge in [-0.15, -0.1) is 0 Å². The molecular formula is C29H28Cl2N2O3. The summed E-state index contributed by atoms with van der Waals surface area (Å²) in [4.78, 5) is 33.0. The van der Waals surface area contributed by atoms with Crippen molar-refractivity contribution in [2.24, 2.45) is 11.3 Å². The van der Waals surface area contributed by atoms with Crippen molar-refractivity contribution in [3.05, 3.63) is 99.8 Å². The molecule has 5 rings (SSSR count). The van der Waals surface area contributed by atoms with E-state index in [9.17, 15) is 14.7 Å². The summed E-state index contributed by atoms with van der Waals surface area (Å²) in [6, 6.07) is 20.5. The predicted molar refractivity (Wildman–Crippen MR) is 140 cm³/mol. The van der Waals surface area contributed by atoms with E-state index in [-0.39, 0.29) is 36.2 Å². The Kier molecular flexibility index (Phi) is 6.80. The molecular weight excluding hydrogens is 495 g/mol. The molecule has 1 amide bonds. The van der Waals surface area contributed by atoms with Crippen molar-refractivity contribution >= 4 is 35.1 Å². The van der Waals surface area contributed by atoms with Crippen LogP contribution in [0.5, 0.6) is 0 Å². The highest BCUT2D eigenvalue weighted by atomic mass is 35.5. The van der Waals surface area contributed by atoms with Crippen LogP contribution < -0.4 is 0 Å². The van der Waals surface area contributed by atoms with Crippen LogP contribution >= 0.6 is 23.2 Å². The third kappa shape index (κ3) is 4.87. The van der Waals surface area contributed by atoms with Crippen molar-refractivity contribution in [1.82, 2.24) is 9.88 Å². The van der Waals surface area contributed by atoms with E-state index in [4.69, 9.17) is 23.2 Å². The quantitative estimate of drug-likeness (QED) is 0.359. The number of benzene rings is 2. The van der Waals surface area contributed by atoms with Crippen molar-refractivity contribution in [2.75, 3.05) is 0 Å². The number of aromatic nitrogens is 1. The first-order valence-corrected chi connectivity index (χ1v) is 13.0. The van der Waals surface area contributed by atoms with Crippen molar-refractivity contribution in [3.8, 4) is 0 Å². The normalized spacial score (nSPS) is 25.0. The maximum atomic E-state index is 14.4. The van der Waals surface area contributed by atoms with Crippen molar-refractivity contribution in [2.45, 2.75) is 50.6 Å². The number of rotatable bonds is 7. The van der Waals surface area contributed by atoms with Crippen LogP contribution in [0.2, 0.25) is 10.0 Å². The van der Waals surface area contributed by atoms with Crippen LogP contribution in [-0.4, -0.2) is 26.9 Å². The van der Waals surface area contributed by atoms with Crippen molar-refractivity contribution in [3.63, 3.8) is 0 Å². The first-order chi connectivity index (χ1) is 17.3. The van der Waals surface area contributed by atoms with Gasteiger partial charge in [-0.2, -0.15) is 0 Å². The van der Waals surface area contributed by atoms with Crippen LogP contribution in [0.15, 0.2) is 72.9 Å². The molecule has 1 saturated carbocycles. The summed E-state index contributed by atoms with van der Waals surface area (Å²) in [6.07, 6.45) is 3.89. The number of aliphatic carboxylic acids is 1. The van der Waals surface area contributed by atoms with Crippen LogP contribution in [0.4, 0.5) is 0 Å². The molecule has 5 nitrogen and oxygen atoms in total. The highest BCUT2D eigenvalue weighted by Gasteiger charge is 2.55. The summed E-state index contributed by atoms with van der Waals surface area (Å²) >= 11 is 12.7. The van der Waals surface area contributed by atoms with Gasteiger partial charge in [-0.05, 0) is 72.7 Å². The van der Waals surface area contributed by atoms with E-state index in [2.05, 4.69) is 4.98 Å². The zero-order valence-corrected chi connectivity index (χ0v) is 21.5. The third-order valence-corrected chi connectivity index (χ3v) is 7.98. The van der Waals surface area contributed by atoms with E-state index in [0.717, 1.165) is 29.7 Å². The minimum absolute atomic E-state index is 0.148. The van der Waals surface area contributed by atoms with Gasteiger partial charge in [0.1, 0.15) is 0 Å². The van der Waals surface area contributed by atoms with Gasteiger partial charge in [-0.1, -0.05) is 60.5 Å². The van der Waals surface area contributed by atoms with Gasteiger partial charge >= 0.3 is 5.97 Å². The molecule has 36 heavy (non-hydrogen) atoms. The molecule has 1 saturated heterocycles. The molecule has 186 valence electrons. The summed E-state index contributed by atoms with van der Waals surface area (Å²) < 4.78 is 0. The molecule has 3 aromatic rings. The highest BCUT2D eigenvalue weighted by molar-refractivity contribution is 6.30. The number of halogens is 2. The average Bonchev–Trinajstić information content (AvgIpc) is 3.68. The van der Waals surface area contributed by atoms with E-state index in [1.54, 1.807) is 13.1 Å². The summed E-state index contributed by atoms with van der Waals surface area (Å²) in [7, 11) is 0. The Hall–Kier alpha value is -2.89. The molecule has 1 N–H and O–H groups in total. The van der Waals surface area contributed by atoms with Crippen LogP contribution in [0.3, 0.4) is 0 Å². The molecule has 2 aliphatic rings. The van der Waals surface area contributed by atoms with E-state index in [1.165, 1.54) is 0 Å². The maximum absolute atomic E-state index is 14.4. The molecule has 4 atom stereocenters. The summed E-state index contributed by atoms with van der Waals surface area (Å²) in [5.41, 5.74) is 1.68. The monoisotopic (exact) mass is 522 g/mol. The maximum Gasteiger partial charge on any atom is 0.304 e. The van der Waals surface area contributed by atoms with E-state index < -0.39 is 11.4 Å². The molecule has 0 bridgehead atoms. The van der Waals surface area contributed by atoms with Gasteiger partial charge in [0, 0.05) is 22.2 Å². The summed E-state index contributed by atoms with van der Waals surface area (Å²) in [5.74, 6) is -1.03. The Bertz CT molecular complexity index is 1260. The second-order valence-electron chi connectivity index (χ2n) is 10.2. The number of nitrogens with zero attached hydrogens (tertiary/aromatic N) is 2. The Morgan fingerprint density at radius 1 is 1.06 bits per heavy atom. The fraction of sp³-hybridized carbons (Fsp3) is 0.345. The first-order valence-electron chi connectivity index (χ1n) is 12.2. The molecule has 1 unspecified atom stereocenters. The standard InChI is InChI=1S/C29H28Cl2N2O3/c1-29(17-25(34)35)16-23(20-5-4-6-22(31)15-20)26(18-10-12-21(30)13-11-18)33(28(29)36)27(19-8-9-19)24-7-2-3-14-32-24/h2-7,10-15,19,23,26-27H,8-9,16-17H2,1H3,(H,34,35)/t23-,26-,27?,29+/m1/s1. The van der Waals surface area contributed by atoms with Gasteiger partial charge in [0.2, 0.25) is 5.91 Å². The number of carboxylic acids is 1. The largest absolute Gasteiger partial charge is 0.481 e. The fourth-order valence-electron chi connectivity index (χ4n) is 5.76. The number of amides is 1. The lowest BCUT2D eigenvalue weighted by molar-refractivity contribution is -0.161. The average molecular weight is 523 g/mol. The zero-order valence-electron chi connectivity index (χ0n) is 20.0. The van der Waals surface area contributed by atoms with E-state index in [0.29, 0.717) is 16.5 Å². The number of piperidine rings is 1. The van der Waals surface area contributed by atoms with Crippen molar-refractivity contribution in [1.29, 1.82) is 0 Å². The summed E-state index contributed by atoms with van der Waals surface area (Å²) in [5, 5.41) is 11.0. The van der Waals surface area contributed by atoms with Crippen LogP contribution in [0.1, 0.15) is 67.4 Å². The number of carbonyl (C=O) groups is 2. The van der Waals surface area contributed by atoms with Gasteiger partial charge in [0.15, 0.2) is 0 Å². The summed E-state index contributed by atoms with van der Waals surface area (Å²) in [6.45, 7) is 1.79. The Balaban J connectivity index is 1.73. The Morgan fingerprint density at radius 2 is 1.81 bits per heavy atom. The third-order valence-electron chi connectivity index (χ3n) is 7.49. The lowest BCUT2D eigenvalue weighted by Gasteiger charge is -2.52. The second kappa shape index (κ2) is 9.87. The molecule has 1 aliphatic carbocycles. The van der Waals surface area contributed by atoms with E-state index in [1.807, 2.05) is 71.6 Å². The van der Waals surface area contributed by atoms with E-state index >= 15 is 0 Å². The number of hydrogen-bond donors (Lipinski definition) is 1. The fourth-order valence-corrected chi connectivity index (χ4v) is 6.09. The number of hydrogen-bond acceptors (Lipinski definition) is 3. The lowest BCUT2D eigenvalue weighted by atomic mass is 9.66. The van der Waals surface area contributed by atoms with Crippen LogP contribution in [-0.2, 0) is 9.59 Å². The molecule has 0 radical (unpaired) electrons. The smallest absolute Gasteiger partial charge is 0.304 e. The van der Waals surface area contributed by atoms with Crippen LogP contribution in [0.25, 0.3) is 0 Å². The highest BCUT2D eigenvalue weighted by Crippen LogP contribution is 2.57. The molecule has 0 spiro atoms. The number of carbonyl (C=O) groups excluding carboxylic acids is 1. The van der Waals surface area contributed by atoms with Gasteiger partial charge in [0.05, 0.1) is 29.6 Å². The minimum atomic E-state index is -1.08. The van der Waals surface area contributed by atoms with Gasteiger partial charge < -0.3 is 10.0 Å². The Morgan fingerprint density at radius 3 is 2.42 bits per heavy atom. The SMILES string of the molecule is C[C@@]1(CC(=O)O)C[C@H](c2cccc(Cl)c2)[C@@H](c2ccc(Cl)cc2)N(C(c2ccccn2)C2CC2)C1=O. The minimum Gasteiger partial charge on any atom is -0.481 e. The molecule has 7 heteroatoms. The predicted octanol–water partition coefficient (Wildman–Crippen LogP) is 7.08. The molecule has 1 aliphatic heterocycles. The number of pyridine rings is 1. The molecule has 2 fully saturated rings. The first kappa shape index (κ1) is 24.8. The lowest BCUT2D eigenvalue weighted by Crippen LogP contribution is -2.54. The topological polar surface area (TPSA) is 70.5 Å². The van der Waals surface area contributed by atoms with Gasteiger partial charge in [-0.3, -0.25) is 14.6 Å². The zero-order chi connectivity index (χ0) is 25.4. The van der Waals surface area contributed by atoms with Gasteiger partial charge in [0.25, 0.3) is 0 Å². The number of likely N-dealkylation sites (tertiary alicyclic amines) is 1. The number of carboxylic acid groups (broad SMARTS) is 1.